The number of hydrogen-bond donors (Lipinski definition) is 5. The van der Waals surface area contributed by atoms with Crippen molar-refractivity contribution >= 4 is 23.4 Å². The second-order valence-electron chi connectivity index (χ2n) is 8.35. The van der Waals surface area contributed by atoms with Crippen LogP contribution in [-0.2, 0) is 0 Å². The highest BCUT2D eigenvalue weighted by molar-refractivity contribution is 6.08. The second kappa shape index (κ2) is 12.9. The Balaban J connectivity index is 1.61. The molecule has 0 bridgehead atoms. The Morgan fingerprint density at radius 2 is 2.00 bits per heavy atom. The van der Waals surface area contributed by atoms with E-state index < -0.39 is 0 Å². The SMILES string of the molecule is Cc1nn(C2CCNCC2)cc1NC(=O)c1cccc(/C(C=N)=C/NCCCCCCN)n1. The van der Waals surface area contributed by atoms with Gasteiger partial charge in [0.1, 0.15) is 5.69 Å². The molecule has 3 rings (SSSR count). The number of nitrogens with zero attached hydrogens (tertiary/aromatic N) is 3. The number of rotatable bonds is 12. The summed E-state index contributed by atoms with van der Waals surface area (Å²) in [6.45, 7) is 5.42. The zero-order valence-corrected chi connectivity index (χ0v) is 19.4. The van der Waals surface area contributed by atoms with E-state index in [2.05, 4.69) is 26.0 Å². The molecule has 1 aliphatic rings. The van der Waals surface area contributed by atoms with Crippen LogP contribution in [0.5, 0.6) is 0 Å². The fourth-order valence-electron chi connectivity index (χ4n) is 3.87. The average molecular weight is 453 g/mol. The normalized spacial score (nSPS) is 14.8. The largest absolute Gasteiger partial charge is 0.390 e. The first-order valence-corrected chi connectivity index (χ1v) is 11.8. The van der Waals surface area contributed by atoms with Gasteiger partial charge in [-0.2, -0.15) is 5.10 Å². The Morgan fingerprint density at radius 3 is 2.76 bits per heavy atom. The van der Waals surface area contributed by atoms with Gasteiger partial charge in [-0.1, -0.05) is 18.9 Å². The average Bonchev–Trinajstić information content (AvgIpc) is 3.21. The van der Waals surface area contributed by atoms with E-state index in [0.717, 1.165) is 70.4 Å². The van der Waals surface area contributed by atoms with Gasteiger partial charge in [0.15, 0.2) is 0 Å². The molecule has 0 saturated carbocycles. The summed E-state index contributed by atoms with van der Waals surface area (Å²) >= 11 is 0. The van der Waals surface area contributed by atoms with Crippen LogP contribution in [0.25, 0.3) is 5.57 Å². The zero-order valence-electron chi connectivity index (χ0n) is 19.4. The predicted octanol–water partition coefficient (Wildman–Crippen LogP) is 2.86. The van der Waals surface area contributed by atoms with Gasteiger partial charge in [-0.25, -0.2) is 4.98 Å². The lowest BCUT2D eigenvalue weighted by Crippen LogP contribution is -2.29. The number of nitrogens with one attached hydrogen (secondary N) is 4. The summed E-state index contributed by atoms with van der Waals surface area (Å²) in [6, 6.07) is 5.62. The smallest absolute Gasteiger partial charge is 0.274 e. The van der Waals surface area contributed by atoms with Crippen LogP contribution in [0.2, 0.25) is 0 Å². The number of carbonyl (C=O) groups is 1. The number of pyridine rings is 1. The van der Waals surface area contributed by atoms with Crippen molar-refractivity contribution in [3.63, 3.8) is 0 Å². The highest BCUT2D eigenvalue weighted by Crippen LogP contribution is 2.22. The number of allylic oxidation sites excluding steroid dienone is 1. The number of piperidine rings is 1. The van der Waals surface area contributed by atoms with Crippen LogP contribution in [0.3, 0.4) is 0 Å². The van der Waals surface area contributed by atoms with Gasteiger partial charge < -0.3 is 27.1 Å². The summed E-state index contributed by atoms with van der Waals surface area (Å²) in [5.41, 5.74) is 8.51. The molecule has 0 radical (unpaired) electrons. The summed E-state index contributed by atoms with van der Waals surface area (Å²) in [5, 5.41) is 21.9. The Morgan fingerprint density at radius 1 is 1.24 bits per heavy atom. The van der Waals surface area contributed by atoms with Gasteiger partial charge in [0.25, 0.3) is 5.91 Å². The van der Waals surface area contributed by atoms with Gasteiger partial charge in [-0.3, -0.25) is 9.48 Å². The molecule has 0 aliphatic carbocycles. The summed E-state index contributed by atoms with van der Waals surface area (Å²) < 4.78 is 1.97. The predicted molar refractivity (Wildman–Crippen MR) is 133 cm³/mol. The molecule has 3 heterocycles. The minimum Gasteiger partial charge on any atom is -0.390 e. The molecule has 0 spiro atoms. The molecule has 1 amide bonds. The van der Waals surface area contributed by atoms with E-state index in [1.54, 1.807) is 24.4 Å². The zero-order chi connectivity index (χ0) is 23.5. The third-order valence-corrected chi connectivity index (χ3v) is 5.81. The molecule has 6 N–H and O–H groups in total. The van der Waals surface area contributed by atoms with Crippen molar-refractivity contribution in [3.05, 3.63) is 47.7 Å². The minimum absolute atomic E-state index is 0.290. The van der Waals surface area contributed by atoms with Gasteiger partial charge in [-0.15, -0.1) is 0 Å². The highest BCUT2D eigenvalue weighted by atomic mass is 16.1. The standard InChI is InChI=1S/C24H36N8O/c1-18-23(17-32(31-18)20-9-13-27-14-10-20)30-24(33)22-8-6-7-21(29-22)19(15-26)16-28-12-5-3-2-4-11-25/h6-8,15-17,20,26-28H,2-5,9-14,25H2,1H3,(H,30,33)/b19-16+,26-15?. The first kappa shape index (κ1) is 24.6. The third-order valence-electron chi connectivity index (χ3n) is 5.81. The molecular weight excluding hydrogens is 416 g/mol. The van der Waals surface area contributed by atoms with Crippen molar-refractivity contribution in [2.75, 3.05) is 31.5 Å². The van der Waals surface area contributed by atoms with Crippen molar-refractivity contribution in [2.45, 2.75) is 51.5 Å². The summed E-state index contributed by atoms with van der Waals surface area (Å²) in [6.07, 6.45) is 11.4. The summed E-state index contributed by atoms with van der Waals surface area (Å²) in [5.74, 6) is -0.290. The first-order valence-electron chi connectivity index (χ1n) is 11.8. The molecule has 2 aromatic heterocycles. The van der Waals surface area contributed by atoms with E-state index in [0.29, 0.717) is 28.7 Å². The van der Waals surface area contributed by atoms with Gasteiger partial charge in [0.05, 0.1) is 23.1 Å². The van der Waals surface area contributed by atoms with Crippen LogP contribution in [0.4, 0.5) is 5.69 Å². The number of unbranched alkanes of at least 4 members (excludes halogenated alkanes) is 3. The second-order valence-corrected chi connectivity index (χ2v) is 8.35. The number of nitrogens with two attached hydrogens (primary N) is 1. The van der Waals surface area contributed by atoms with E-state index in [-0.39, 0.29) is 5.91 Å². The van der Waals surface area contributed by atoms with Crippen molar-refractivity contribution in [1.29, 1.82) is 5.41 Å². The Hall–Kier alpha value is -3.04. The van der Waals surface area contributed by atoms with E-state index in [1.165, 1.54) is 6.21 Å². The number of anilines is 1. The van der Waals surface area contributed by atoms with Gasteiger partial charge in [0, 0.05) is 30.7 Å². The fourth-order valence-corrected chi connectivity index (χ4v) is 3.87. The lowest BCUT2D eigenvalue weighted by atomic mass is 10.1. The van der Waals surface area contributed by atoms with E-state index in [4.69, 9.17) is 11.1 Å². The molecule has 0 unspecified atom stereocenters. The van der Waals surface area contributed by atoms with Crippen LogP contribution in [0, 0.1) is 12.3 Å². The molecule has 9 heteroatoms. The van der Waals surface area contributed by atoms with Crippen molar-refractivity contribution < 1.29 is 4.79 Å². The Kier molecular flexibility index (Phi) is 9.59. The number of aryl methyl sites for hydroxylation is 1. The maximum absolute atomic E-state index is 12.9. The molecule has 33 heavy (non-hydrogen) atoms. The molecule has 9 nitrogen and oxygen atoms in total. The minimum atomic E-state index is -0.290. The van der Waals surface area contributed by atoms with Crippen molar-refractivity contribution in [2.24, 2.45) is 5.73 Å². The quantitative estimate of drug-likeness (QED) is 0.248. The van der Waals surface area contributed by atoms with E-state index >= 15 is 0 Å². The number of amides is 1. The van der Waals surface area contributed by atoms with Crippen LogP contribution >= 0.6 is 0 Å². The van der Waals surface area contributed by atoms with Gasteiger partial charge in [0.2, 0.25) is 0 Å². The van der Waals surface area contributed by atoms with E-state index in [9.17, 15) is 4.79 Å². The maximum Gasteiger partial charge on any atom is 0.274 e. The monoisotopic (exact) mass is 452 g/mol. The first-order chi connectivity index (χ1) is 16.1. The lowest BCUT2D eigenvalue weighted by molar-refractivity contribution is 0.102. The summed E-state index contributed by atoms with van der Waals surface area (Å²) in [7, 11) is 0. The van der Waals surface area contributed by atoms with Gasteiger partial charge >= 0.3 is 0 Å². The molecule has 0 aromatic carbocycles. The molecule has 0 atom stereocenters. The fraction of sp³-hybridized carbons (Fsp3) is 0.500. The molecule has 1 saturated heterocycles. The van der Waals surface area contributed by atoms with Crippen molar-refractivity contribution in [3.8, 4) is 0 Å². The van der Waals surface area contributed by atoms with Crippen LogP contribution in [0.1, 0.15) is 66.4 Å². The molecule has 178 valence electrons. The Bertz CT molecular complexity index is 946. The third kappa shape index (κ3) is 7.23. The highest BCUT2D eigenvalue weighted by Gasteiger charge is 2.19. The van der Waals surface area contributed by atoms with Crippen LogP contribution in [-0.4, -0.2) is 53.1 Å². The Labute approximate surface area is 195 Å². The maximum atomic E-state index is 12.9. The molecule has 1 aliphatic heterocycles. The summed E-state index contributed by atoms with van der Waals surface area (Å²) in [4.78, 5) is 17.4. The number of hydrogen-bond acceptors (Lipinski definition) is 7. The lowest BCUT2D eigenvalue weighted by Gasteiger charge is -2.22. The molecule has 2 aromatic rings. The number of carbonyl (C=O) groups excluding carboxylic acids is 1. The number of aromatic nitrogens is 3. The van der Waals surface area contributed by atoms with Crippen molar-refractivity contribution in [1.82, 2.24) is 25.4 Å². The molecule has 1 fully saturated rings. The van der Waals surface area contributed by atoms with Crippen LogP contribution in [0.15, 0.2) is 30.6 Å². The van der Waals surface area contributed by atoms with Crippen LogP contribution < -0.4 is 21.7 Å². The molecular formula is C24H36N8O. The van der Waals surface area contributed by atoms with E-state index in [1.807, 2.05) is 17.8 Å². The van der Waals surface area contributed by atoms with Gasteiger partial charge in [-0.05, 0) is 64.4 Å². The topological polar surface area (TPSA) is 134 Å².